The molecule has 0 fully saturated rings. The zero-order valence-corrected chi connectivity index (χ0v) is 11.2. The van der Waals surface area contributed by atoms with Crippen LogP contribution in [0.25, 0.3) is 10.9 Å². The number of hydrogen-bond donors (Lipinski definition) is 0. The number of hydrogen-bond acceptors (Lipinski definition) is 0. The van der Waals surface area contributed by atoms with E-state index < -0.39 is 0 Å². The first-order valence-electron chi connectivity index (χ1n) is 5.72. The zero-order chi connectivity index (χ0) is 12.5. The zero-order valence-electron chi connectivity index (χ0n) is 9.61. The first kappa shape index (κ1) is 11.5. The molecule has 0 aliphatic rings. The van der Waals surface area contributed by atoms with Crippen molar-refractivity contribution in [3.05, 3.63) is 70.6 Å². The lowest BCUT2D eigenvalue weighted by atomic mass is 10.2. The lowest BCUT2D eigenvalue weighted by Crippen LogP contribution is -1.97. The maximum Gasteiger partial charge on any atom is 0.132 e. The second-order valence-electron chi connectivity index (χ2n) is 4.25. The van der Waals surface area contributed by atoms with Gasteiger partial charge in [-0.2, -0.15) is 0 Å². The Balaban J connectivity index is 2.03. The van der Waals surface area contributed by atoms with Crippen molar-refractivity contribution in [2.75, 3.05) is 0 Å². The minimum Gasteiger partial charge on any atom is -0.343 e. The van der Waals surface area contributed by atoms with Crippen LogP contribution in [-0.4, -0.2) is 4.57 Å². The lowest BCUT2D eigenvalue weighted by molar-refractivity contribution is 0.639. The normalized spacial score (nSPS) is 11.0. The average molecular weight is 304 g/mol. The van der Waals surface area contributed by atoms with Crippen molar-refractivity contribution >= 4 is 26.8 Å². The minimum atomic E-state index is -0.166. The summed E-state index contributed by atoms with van der Waals surface area (Å²) in [6.45, 7) is 0.742. The molecule has 0 aliphatic heterocycles. The second-order valence-corrected chi connectivity index (χ2v) is 5.16. The van der Waals surface area contributed by atoms with Gasteiger partial charge >= 0.3 is 0 Å². The molecule has 0 aliphatic carbocycles. The molecule has 0 atom stereocenters. The average Bonchev–Trinajstić information content (AvgIpc) is 2.74. The number of halogens is 2. The van der Waals surface area contributed by atoms with Crippen LogP contribution in [0.1, 0.15) is 5.56 Å². The van der Waals surface area contributed by atoms with Crippen LogP contribution < -0.4 is 0 Å². The standard InChI is InChI=1S/C15H11BrFN/c16-12-4-1-3-11(9-12)10-18-8-7-13-14(17)5-2-6-15(13)18/h1-9H,10H2. The summed E-state index contributed by atoms with van der Waals surface area (Å²) in [6.07, 6.45) is 1.93. The molecule has 0 radical (unpaired) electrons. The monoisotopic (exact) mass is 303 g/mol. The first-order chi connectivity index (χ1) is 8.74. The van der Waals surface area contributed by atoms with Crippen LogP contribution in [-0.2, 0) is 6.54 Å². The first-order valence-corrected chi connectivity index (χ1v) is 6.51. The minimum absolute atomic E-state index is 0.166. The summed E-state index contributed by atoms with van der Waals surface area (Å²) in [7, 11) is 0. The van der Waals surface area contributed by atoms with E-state index in [0.717, 1.165) is 16.5 Å². The fourth-order valence-electron chi connectivity index (χ4n) is 2.16. The number of nitrogens with zero attached hydrogens (tertiary/aromatic N) is 1. The third-order valence-electron chi connectivity index (χ3n) is 3.00. The Labute approximate surface area is 113 Å². The van der Waals surface area contributed by atoms with Gasteiger partial charge in [-0.05, 0) is 35.9 Å². The highest BCUT2D eigenvalue weighted by atomic mass is 79.9. The number of rotatable bonds is 2. The van der Waals surface area contributed by atoms with Gasteiger partial charge in [0.25, 0.3) is 0 Å². The Morgan fingerprint density at radius 1 is 1.06 bits per heavy atom. The molecule has 0 spiro atoms. The Morgan fingerprint density at radius 2 is 1.89 bits per heavy atom. The van der Waals surface area contributed by atoms with Crippen molar-refractivity contribution in [1.82, 2.24) is 4.57 Å². The third-order valence-corrected chi connectivity index (χ3v) is 3.50. The summed E-state index contributed by atoms with van der Waals surface area (Å²) in [5.41, 5.74) is 2.11. The van der Waals surface area contributed by atoms with Gasteiger partial charge in [-0.3, -0.25) is 0 Å². The summed E-state index contributed by atoms with van der Waals surface area (Å²) in [5.74, 6) is -0.166. The Kier molecular flexibility index (Phi) is 2.92. The fourth-order valence-corrected chi connectivity index (χ4v) is 2.60. The predicted molar refractivity (Wildman–Crippen MR) is 75.1 cm³/mol. The van der Waals surface area contributed by atoms with Gasteiger partial charge in [-0.1, -0.05) is 34.1 Å². The van der Waals surface area contributed by atoms with E-state index in [1.165, 1.54) is 11.6 Å². The predicted octanol–water partition coefficient (Wildman–Crippen LogP) is 4.59. The van der Waals surface area contributed by atoms with Gasteiger partial charge in [0, 0.05) is 22.6 Å². The summed E-state index contributed by atoms with van der Waals surface area (Å²) in [6, 6.07) is 15.1. The van der Waals surface area contributed by atoms with Crippen LogP contribution >= 0.6 is 15.9 Å². The smallest absolute Gasteiger partial charge is 0.132 e. The number of fused-ring (bicyclic) bond motifs is 1. The van der Waals surface area contributed by atoms with E-state index in [2.05, 4.69) is 32.6 Å². The molecule has 1 heterocycles. The van der Waals surface area contributed by atoms with Crippen LogP contribution in [0.5, 0.6) is 0 Å². The molecule has 90 valence electrons. The van der Waals surface area contributed by atoms with Crippen molar-refractivity contribution in [2.24, 2.45) is 0 Å². The van der Waals surface area contributed by atoms with Crippen molar-refractivity contribution < 1.29 is 4.39 Å². The van der Waals surface area contributed by atoms with Gasteiger partial charge in [-0.25, -0.2) is 4.39 Å². The molecule has 0 amide bonds. The van der Waals surface area contributed by atoms with Gasteiger partial charge in [0.2, 0.25) is 0 Å². The summed E-state index contributed by atoms with van der Waals surface area (Å²) >= 11 is 3.46. The highest BCUT2D eigenvalue weighted by Crippen LogP contribution is 2.21. The third kappa shape index (κ3) is 2.06. The van der Waals surface area contributed by atoms with Crippen molar-refractivity contribution in [1.29, 1.82) is 0 Å². The van der Waals surface area contributed by atoms with E-state index in [1.807, 2.05) is 30.5 Å². The molecule has 0 saturated heterocycles. The maximum atomic E-state index is 13.6. The fraction of sp³-hybridized carbons (Fsp3) is 0.0667. The quantitative estimate of drug-likeness (QED) is 0.652. The largest absolute Gasteiger partial charge is 0.343 e. The molecule has 0 bridgehead atoms. The van der Waals surface area contributed by atoms with Gasteiger partial charge in [0.05, 0.1) is 5.52 Å². The molecular formula is C15H11BrFN. The van der Waals surface area contributed by atoms with Crippen LogP contribution in [0, 0.1) is 5.82 Å². The molecule has 0 saturated carbocycles. The second kappa shape index (κ2) is 4.58. The van der Waals surface area contributed by atoms with E-state index in [9.17, 15) is 4.39 Å². The molecule has 1 aromatic heterocycles. The summed E-state index contributed by atoms with van der Waals surface area (Å²) < 4.78 is 16.7. The van der Waals surface area contributed by atoms with Gasteiger partial charge in [0.15, 0.2) is 0 Å². The topological polar surface area (TPSA) is 4.93 Å². The highest BCUT2D eigenvalue weighted by molar-refractivity contribution is 9.10. The SMILES string of the molecule is Fc1cccc2c1ccn2Cc1cccc(Br)c1. The Bertz CT molecular complexity index is 703. The van der Waals surface area contributed by atoms with Crippen LogP contribution in [0.3, 0.4) is 0 Å². The summed E-state index contributed by atoms with van der Waals surface area (Å²) in [5, 5.41) is 0.674. The molecule has 2 aromatic carbocycles. The van der Waals surface area contributed by atoms with Crippen molar-refractivity contribution in [2.45, 2.75) is 6.54 Å². The summed E-state index contributed by atoms with van der Waals surface area (Å²) in [4.78, 5) is 0. The van der Waals surface area contributed by atoms with Crippen LogP contribution in [0.15, 0.2) is 59.2 Å². The molecule has 3 aromatic rings. The highest BCUT2D eigenvalue weighted by Gasteiger charge is 2.05. The number of benzene rings is 2. The van der Waals surface area contributed by atoms with Crippen LogP contribution in [0.2, 0.25) is 0 Å². The lowest BCUT2D eigenvalue weighted by Gasteiger charge is -2.06. The molecule has 1 nitrogen and oxygen atoms in total. The molecule has 0 unspecified atom stereocenters. The van der Waals surface area contributed by atoms with E-state index in [1.54, 1.807) is 6.07 Å². The Hall–Kier alpha value is -1.61. The van der Waals surface area contributed by atoms with Crippen molar-refractivity contribution in [3.8, 4) is 0 Å². The molecular weight excluding hydrogens is 293 g/mol. The van der Waals surface area contributed by atoms with E-state index in [4.69, 9.17) is 0 Å². The maximum absolute atomic E-state index is 13.6. The van der Waals surface area contributed by atoms with Gasteiger partial charge in [-0.15, -0.1) is 0 Å². The van der Waals surface area contributed by atoms with Gasteiger partial charge < -0.3 is 4.57 Å². The van der Waals surface area contributed by atoms with E-state index in [0.29, 0.717) is 5.39 Å². The Morgan fingerprint density at radius 3 is 2.72 bits per heavy atom. The molecule has 18 heavy (non-hydrogen) atoms. The molecule has 3 rings (SSSR count). The van der Waals surface area contributed by atoms with Crippen LogP contribution in [0.4, 0.5) is 4.39 Å². The molecule has 3 heteroatoms. The number of aromatic nitrogens is 1. The van der Waals surface area contributed by atoms with Gasteiger partial charge in [0.1, 0.15) is 5.82 Å². The molecule has 0 N–H and O–H groups in total. The van der Waals surface area contributed by atoms with Crippen molar-refractivity contribution in [3.63, 3.8) is 0 Å². The van der Waals surface area contributed by atoms with E-state index in [-0.39, 0.29) is 5.82 Å². The van der Waals surface area contributed by atoms with E-state index >= 15 is 0 Å².